The highest BCUT2D eigenvalue weighted by Crippen LogP contribution is 2.27. The van der Waals surface area contributed by atoms with E-state index in [-0.39, 0.29) is 17.2 Å². The first-order chi connectivity index (χ1) is 12.5. The van der Waals surface area contributed by atoms with E-state index in [9.17, 15) is 14.9 Å². The summed E-state index contributed by atoms with van der Waals surface area (Å²) in [4.78, 5) is 28.0. The molecule has 1 heterocycles. The van der Waals surface area contributed by atoms with Gasteiger partial charge in [0.25, 0.3) is 11.6 Å². The van der Waals surface area contributed by atoms with Gasteiger partial charge in [-0.3, -0.25) is 14.9 Å². The number of benzene rings is 2. The minimum absolute atomic E-state index is 0.0840. The molecule has 0 spiro atoms. The lowest BCUT2D eigenvalue weighted by Crippen LogP contribution is -2.26. The Morgan fingerprint density at radius 2 is 2.00 bits per heavy atom. The maximum atomic E-state index is 12.3. The van der Waals surface area contributed by atoms with Crippen LogP contribution in [0.5, 0.6) is 0 Å². The number of aromatic amines is 1. The smallest absolute Gasteiger partial charge is 0.293 e. The van der Waals surface area contributed by atoms with E-state index in [1.807, 2.05) is 30.5 Å². The van der Waals surface area contributed by atoms with Gasteiger partial charge in [0.1, 0.15) is 5.69 Å². The molecule has 0 fully saturated rings. The highest BCUT2D eigenvalue weighted by Gasteiger charge is 2.18. The van der Waals surface area contributed by atoms with E-state index in [0.717, 1.165) is 16.5 Å². The monoisotopic (exact) mass is 352 g/mol. The number of H-pyrrole nitrogens is 1. The predicted octanol–water partition coefficient (Wildman–Crippen LogP) is 3.11. The van der Waals surface area contributed by atoms with Gasteiger partial charge < -0.3 is 15.2 Å². The van der Waals surface area contributed by atoms with Crippen molar-refractivity contribution in [2.45, 2.75) is 6.42 Å². The maximum absolute atomic E-state index is 12.3. The van der Waals surface area contributed by atoms with Crippen molar-refractivity contribution in [1.82, 2.24) is 10.3 Å². The van der Waals surface area contributed by atoms with Gasteiger partial charge in [-0.1, -0.05) is 18.2 Å². The molecule has 3 rings (SSSR count). The summed E-state index contributed by atoms with van der Waals surface area (Å²) in [7, 11) is 3.45. The number of rotatable bonds is 6. The number of hydrogen-bond donors (Lipinski definition) is 2. The fraction of sp³-hybridized carbons (Fsp3) is 0.211. The SMILES string of the molecule is CN(C)c1ccc(C(=O)NCCc2c[nH]c3ccccc23)cc1[N+](=O)[O-]. The van der Waals surface area contributed by atoms with Crippen molar-refractivity contribution in [3.8, 4) is 0 Å². The number of hydrogen-bond acceptors (Lipinski definition) is 4. The zero-order chi connectivity index (χ0) is 18.7. The molecular formula is C19H20N4O3. The van der Waals surface area contributed by atoms with Crippen molar-refractivity contribution in [2.24, 2.45) is 0 Å². The molecule has 0 bridgehead atoms. The van der Waals surface area contributed by atoms with Gasteiger partial charge in [0.2, 0.25) is 0 Å². The normalized spacial score (nSPS) is 10.7. The number of nitrogens with zero attached hydrogens (tertiary/aromatic N) is 2. The van der Waals surface area contributed by atoms with Crippen LogP contribution in [0.15, 0.2) is 48.7 Å². The third-order valence-electron chi connectivity index (χ3n) is 4.27. The van der Waals surface area contributed by atoms with E-state index >= 15 is 0 Å². The molecule has 2 aromatic carbocycles. The van der Waals surface area contributed by atoms with Crippen LogP contribution in [0.1, 0.15) is 15.9 Å². The fourth-order valence-electron chi connectivity index (χ4n) is 2.94. The van der Waals surface area contributed by atoms with Gasteiger partial charge in [-0.2, -0.15) is 0 Å². The second-order valence-electron chi connectivity index (χ2n) is 6.22. The number of aromatic nitrogens is 1. The molecule has 134 valence electrons. The van der Waals surface area contributed by atoms with Crippen LogP contribution >= 0.6 is 0 Å². The van der Waals surface area contributed by atoms with Crippen molar-refractivity contribution in [3.05, 3.63) is 69.9 Å². The second kappa shape index (κ2) is 7.26. The van der Waals surface area contributed by atoms with Crippen LogP contribution < -0.4 is 10.2 Å². The van der Waals surface area contributed by atoms with Gasteiger partial charge in [0.05, 0.1) is 4.92 Å². The number of para-hydroxylation sites is 1. The number of carbonyl (C=O) groups is 1. The first-order valence-electron chi connectivity index (χ1n) is 8.26. The summed E-state index contributed by atoms with van der Waals surface area (Å²) in [6.07, 6.45) is 2.61. The lowest BCUT2D eigenvalue weighted by atomic mass is 10.1. The summed E-state index contributed by atoms with van der Waals surface area (Å²) in [5.41, 5.74) is 2.84. The predicted molar refractivity (Wildman–Crippen MR) is 102 cm³/mol. The highest BCUT2D eigenvalue weighted by atomic mass is 16.6. The Hall–Kier alpha value is -3.35. The molecule has 0 aliphatic heterocycles. The van der Waals surface area contributed by atoms with Crippen molar-refractivity contribution in [3.63, 3.8) is 0 Å². The molecule has 0 aliphatic rings. The molecule has 2 N–H and O–H groups in total. The number of carbonyl (C=O) groups excluding carboxylic acids is 1. The second-order valence-corrected chi connectivity index (χ2v) is 6.22. The molecule has 7 heteroatoms. The molecule has 0 atom stereocenters. The molecule has 0 aliphatic carbocycles. The van der Waals surface area contributed by atoms with Crippen molar-refractivity contribution >= 4 is 28.2 Å². The Morgan fingerprint density at radius 1 is 1.23 bits per heavy atom. The third kappa shape index (κ3) is 3.51. The van der Waals surface area contributed by atoms with E-state index in [1.165, 1.54) is 6.07 Å². The summed E-state index contributed by atoms with van der Waals surface area (Å²) in [5, 5.41) is 15.2. The Balaban J connectivity index is 1.68. The van der Waals surface area contributed by atoms with Crippen LogP contribution in [0.25, 0.3) is 10.9 Å². The zero-order valence-corrected chi connectivity index (χ0v) is 14.7. The quantitative estimate of drug-likeness (QED) is 0.527. The number of fused-ring (bicyclic) bond motifs is 1. The van der Waals surface area contributed by atoms with E-state index in [1.54, 1.807) is 31.1 Å². The number of nitro benzene ring substituents is 1. The first-order valence-corrected chi connectivity index (χ1v) is 8.26. The average molecular weight is 352 g/mol. The summed E-state index contributed by atoms with van der Waals surface area (Å²) in [6, 6.07) is 12.5. The molecule has 0 unspecified atom stereocenters. The minimum Gasteiger partial charge on any atom is -0.372 e. The molecule has 0 saturated carbocycles. The van der Waals surface area contributed by atoms with E-state index in [2.05, 4.69) is 10.3 Å². The van der Waals surface area contributed by atoms with Crippen LogP contribution in [0.3, 0.4) is 0 Å². The molecule has 26 heavy (non-hydrogen) atoms. The molecule has 1 amide bonds. The van der Waals surface area contributed by atoms with E-state index < -0.39 is 4.92 Å². The van der Waals surface area contributed by atoms with E-state index in [0.29, 0.717) is 18.7 Å². The summed E-state index contributed by atoms with van der Waals surface area (Å²) in [6.45, 7) is 0.448. The molecule has 0 saturated heterocycles. The maximum Gasteiger partial charge on any atom is 0.293 e. The summed E-state index contributed by atoms with van der Waals surface area (Å²) in [5.74, 6) is -0.321. The lowest BCUT2D eigenvalue weighted by molar-refractivity contribution is -0.384. The van der Waals surface area contributed by atoms with E-state index in [4.69, 9.17) is 0 Å². The fourth-order valence-corrected chi connectivity index (χ4v) is 2.94. The van der Waals surface area contributed by atoms with Crippen LogP contribution in [0, 0.1) is 10.1 Å². The first kappa shape index (κ1) is 17.5. The molecular weight excluding hydrogens is 332 g/mol. The van der Waals surface area contributed by atoms with Gasteiger partial charge in [-0.15, -0.1) is 0 Å². The molecule has 0 radical (unpaired) electrons. The summed E-state index contributed by atoms with van der Waals surface area (Å²) >= 11 is 0. The molecule has 1 aromatic heterocycles. The molecule has 3 aromatic rings. The minimum atomic E-state index is -0.474. The van der Waals surface area contributed by atoms with Crippen LogP contribution in [-0.2, 0) is 6.42 Å². The van der Waals surface area contributed by atoms with Gasteiger partial charge in [-0.25, -0.2) is 0 Å². The Bertz CT molecular complexity index is 962. The zero-order valence-electron chi connectivity index (χ0n) is 14.7. The largest absolute Gasteiger partial charge is 0.372 e. The topological polar surface area (TPSA) is 91.3 Å². The third-order valence-corrected chi connectivity index (χ3v) is 4.27. The van der Waals surface area contributed by atoms with Crippen LogP contribution in [-0.4, -0.2) is 36.5 Å². The molecule has 7 nitrogen and oxygen atoms in total. The number of amides is 1. The Labute approximate surface area is 150 Å². The van der Waals surface area contributed by atoms with Gasteiger partial charge in [0, 0.05) is 49.4 Å². The average Bonchev–Trinajstić information content (AvgIpc) is 3.04. The van der Waals surface area contributed by atoms with Crippen LogP contribution in [0.4, 0.5) is 11.4 Å². The Kier molecular flexibility index (Phi) is 4.88. The van der Waals surface area contributed by atoms with Gasteiger partial charge >= 0.3 is 0 Å². The highest BCUT2D eigenvalue weighted by molar-refractivity contribution is 5.95. The van der Waals surface area contributed by atoms with Crippen molar-refractivity contribution < 1.29 is 9.72 Å². The number of nitro groups is 1. The van der Waals surface area contributed by atoms with Gasteiger partial charge in [0.15, 0.2) is 0 Å². The number of anilines is 1. The Morgan fingerprint density at radius 3 is 2.73 bits per heavy atom. The number of nitrogens with one attached hydrogen (secondary N) is 2. The van der Waals surface area contributed by atoms with Crippen LogP contribution in [0.2, 0.25) is 0 Å². The summed E-state index contributed by atoms with van der Waals surface area (Å²) < 4.78 is 0. The van der Waals surface area contributed by atoms with Crippen molar-refractivity contribution in [2.75, 3.05) is 25.5 Å². The standard InChI is InChI=1S/C19H20N4O3/c1-22(2)17-8-7-13(11-18(17)23(25)26)19(24)20-10-9-14-12-21-16-6-4-3-5-15(14)16/h3-8,11-12,21H,9-10H2,1-2H3,(H,20,24). The lowest BCUT2D eigenvalue weighted by Gasteiger charge is -2.13. The van der Waals surface area contributed by atoms with Gasteiger partial charge in [-0.05, 0) is 30.2 Å². The van der Waals surface area contributed by atoms with Crippen molar-refractivity contribution in [1.29, 1.82) is 0 Å².